The molecule has 0 bridgehead atoms. The third-order valence-corrected chi connectivity index (χ3v) is 2.46. The normalized spacial score (nSPS) is 11.9. The van der Waals surface area contributed by atoms with Crippen LogP contribution in [0.25, 0.3) is 11.0 Å². The number of benzene rings is 1. The molecule has 0 aliphatic carbocycles. The molecule has 0 atom stereocenters. The summed E-state index contributed by atoms with van der Waals surface area (Å²) in [5.41, 5.74) is 2.28. The van der Waals surface area contributed by atoms with Crippen molar-refractivity contribution in [1.29, 1.82) is 0 Å². The second-order valence-corrected chi connectivity index (χ2v) is 3.58. The van der Waals surface area contributed by atoms with Crippen molar-refractivity contribution in [2.24, 2.45) is 0 Å². The number of fused-ring (bicyclic) bond motifs is 1. The molecule has 16 heavy (non-hydrogen) atoms. The third-order valence-electron chi connectivity index (χ3n) is 2.46. The highest BCUT2D eigenvalue weighted by atomic mass is 16.4. The molecule has 0 unspecified atom stereocenters. The molecule has 4 nitrogen and oxygen atoms in total. The van der Waals surface area contributed by atoms with Crippen molar-refractivity contribution in [2.45, 2.75) is 13.5 Å². The van der Waals surface area contributed by atoms with Crippen LogP contribution in [0.5, 0.6) is 0 Å². The van der Waals surface area contributed by atoms with Crippen LogP contribution in [0.15, 0.2) is 42.2 Å². The molecule has 1 aromatic heterocycles. The number of rotatable bonds is 3. The molecule has 1 aromatic carbocycles. The van der Waals surface area contributed by atoms with Crippen LogP contribution >= 0.6 is 0 Å². The number of allylic oxidation sites excluding steroid dienone is 1. The van der Waals surface area contributed by atoms with Crippen LogP contribution in [0.1, 0.15) is 6.92 Å². The van der Waals surface area contributed by atoms with Gasteiger partial charge in [0.2, 0.25) is 0 Å². The first-order valence-corrected chi connectivity index (χ1v) is 4.98. The molecule has 2 aromatic rings. The van der Waals surface area contributed by atoms with Crippen molar-refractivity contribution in [1.82, 2.24) is 9.55 Å². The molecule has 0 fully saturated rings. The minimum atomic E-state index is -0.885. The van der Waals surface area contributed by atoms with Crippen molar-refractivity contribution in [3.8, 4) is 0 Å². The number of aromatic nitrogens is 2. The SMILES string of the molecule is CC(=CCn1cnc2ccccc21)C(=O)O. The van der Waals surface area contributed by atoms with E-state index in [0.29, 0.717) is 12.1 Å². The maximum Gasteiger partial charge on any atom is 0.331 e. The Hall–Kier alpha value is -2.10. The van der Waals surface area contributed by atoms with Crippen LogP contribution < -0.4 is 0 Å². The van der Waals surface area contributed by atoms with Crippen molar-refractivity contribution >= 4 is 17.0 Å². The van der Waals surface area contributed by atoms with Gasteiger partial charge in [-0.1, -0.05) is 18.2 Å². The summed E-state index contributed by atoms with van der Waals surface area (Å²) in [7, 11) is 0. The second-order valence-electron chi connectivity index (χ2n) is 3.58. The van der Waals surface area contributed by atoms with Crippen molar-refractivity contribution in [3.05, 3.63) is 42.2 Å². The minimum Gasteiger partial charge on any atom is -0.478 e. The summed E-state index contributed by atoms with van der Waals surface area (Å²) in [5.74, 6) is -0.885. The van der Waals surface area contributed by atoms with E-state index < -0.39 is 5.97 Å². The predicted octanol–water partition coefficient (Wildman–Crippen LogP) is 2.07. The van der Waals surface area contributed by atoms with Crippen molar-refractivity contribution in [2.75, 3.05) is 0 Å². The molecule has 0 amide bonds. The lowest BCUT2D eigenvalue weighted by Crippen LogP contribution is -1.99. The molecule has 4 heteroatoms. The van der Waals surface area contributed by atoms with E-state index in [-0.39, 0.29) is 0 Å². The minimum absolute atomic E-state index is 0.345. The van der Waals surface area contributed by atoms with Crippen LogP contribution in [-0.2, 0) is 11.3 Å². The molecular weight excluding hydrogens is 204 g/mol. The van der Waals surface area contributed by atoms with Gasteiger partial charge in [0.05, 0.1) is 17.4 Å². The van der Waals surface area contributed by atoms with Gasteiger partial charge in [-0.25, -0.2) is 9.78 Å². The van der Waals surface area contributed by atoms with Crippen LogP contribution in [-0.4, -0.2) is 20.6 Å². The number of aliphatic carboxylic acids is 1. The quantitative estimate of drug-likeness (QED) is 0.799. The number of hydrogen-bond acceptors (Lipinski definition) is 2. The average molecular weight is 216 g/mol. The maximum atomic E-state index is 10.6. The van der Waals surface area contributed by atoms with Crippen LogP contribution in [0.4, 0.5) is 0 Å². The highest BCUT2D eigenvalue weighted by molar-refractivity contribution is 5.85. The Labute approximate surface area is 92.8 Å². The second kappa shape index (κ2) is 4.18. The molecular formula is C12H12N2O2. The predicted molar refractivity (Wildman–Crippen MR) is 61.1 cm³/mol. The summed E-state index contributed by atoms with van der Waals surface area (Å²) in [6, 6.07) is 7.76. The van der Waals surface area contributed by atoms with Gasteiger partial charge in [-0.2, -0.15) is 0 Å². The van der Waals surface area contributed by atoms with Gasteiger partial charge in [-0.3, -0.25) is 0 Å². The Morgan fingerprint density at radius 2 is 2.25 bits per heavy atom. The molecule has 2 rings (SSSR count). The van der Waals surface area contributed by atoms with E-state index in [9.17, 15) is 4.79 Å². The summed E-state index contributed by atoms with van der Waals surface area (Å²) < 4.78 is 1.92. The number of imidazole rings is 1. The molecule has 0 aliphatic heterocycles. The zero-order valence-corrected chi connectivity index (χ0v) is 8.92. The summed E-state index contributed by atoms with van der Waals surface area (Å²) in [4.78, 5) is 14.9. The van der Waals surface area contributed by atoms with E-state index in [4.69, 9.17) is 5.11 Å². The summed E-state index contributed by atoms with van der Waals surface area (Å²) >= 11 is 0. The monoisotopic (exact) mass is 216 g/mol. The standard InChI is InChI=1S/C12H12N2O2/c1-9(12(15)16)6-7-14-8-13-10-4-2-3-5-11(10)14/h2-6,8H,7H2,1H3,(H,15,16). The van der Waals surface area contributed by atoms with Gasteiger partial charge in [-0.05, 0) is 19.1 Å². The summed E-state index contributed by atoms with van der Waals surface area (Å²) in [6.07, 6.45) is 3.40. The molecule has 0 radical (unpaired) electrons. The fraction of sp³-hybridized carbons (Fsp3) is 0.167. The topological polar surface area (TPSA) is 55.1 Å². The molecule has 82 valence electrons. The zero-order chi connectivity index (χ0) is 11.5. The number of carboxylic acid groups (broad SMARTS) is 1. The molecule has 1 N–H and O–H groups in total. The van der Waals surface area contributed by atoms with Crippen LogP contribution in [0.3, 0.4) is 0 Å². The highest BCUT2D eigenvalue weighted by Gasteiger charge is 2.01. The maximum absolute atomic E-state index is 10.6. The molecule has 0 aliphatic rings. The fourth-order valence-electron chi connectivity index (χ4n) is 1.48. The van der Waals surface area contributed by atoms with Gasteiger partial charge in [0.1, 0.15) is 0 Å². The van der Waals surface area contributed by atoms with E-state index in [0.717, 1.165) is 11.0 Å². The lowest BCUT2D eigenvalue weighted by Gasteiger charge is -2.00. The van der Waals surface area contributed by atoms with Crippen molar-refractivity contribution < 1.29 is 9.90 Å². The van der Waals surface area contributed by atoms with E-state index in [1.165, 1.54) is 0 Å². The number of para-hydroxylation sites is 2. The fourth-order valence-corrected chi connectivity index (χ4v) is 1.48. The highest BCUT2D eigenvalue weighted by Crippen LogP contribution is 2.11. The number of nitrogens with zero attached hydrogens (tertiary/aromatic N) is 2. The van der Waals surface area contributed by atoms with Gasteiger partial charge in [0.25, 0.3) is 0 Å². The Balaban J connectivity index is 2.28. The summed E-state index contributed by atoms with van der Waals surface area (Å²) in [5, 5.41) is 8.73. The Bertz CT molecular complexity index is 555. The zero-order valence-electron chi connectivity index (χ0n) is 8.92. The van der Waals surface area contributed by atoms with Gasteiger partial charge in [0, 0.05) is 12.1 Å². The smallest absolute Gasteiger partial charge is 0.331 e. The van der Waals surface area contributed by atoms with E-state index in [1.807, 2.05) is 28.8 Å². The largest absolute Gasteiger partial charge is 0.478 e. The van der Waals surface area contributed by atoms with E-state index in [1.54, 1.807) is 19.3 Å². The number of carbonyl (C=O) groups is 1. The van der Waals surface area contributed by atoms with E-state index >= 15 is 0 Å². The average Bonchev–Trinajstić information content (AvgIpc) is 2.69. The molecule has 0 saturated heterocycles. The first kappa shape index (κ1) is 10.4. The Morgan fingerprint density at radius 3 is 3.00 bits per heavy atom. The van der Waals surface area contributed by atoms with Crippen molar-refractivity contribution in [3.63, 3.8) is 0 Å². The molecule has 0 saturated carbocycles. The Morgan fingerprint density at radius 1 is 1.50 bits per heavy atom. The lowest BCUT2D eigenvalue weighted by molar-refractivity contribution is -0.132. The van der Waals surface area contributed by atoms with Gasteiger partial charge in [-0.15, -0.1) is 0 Å². The van der Waals surface area contributed by atoms with Gasteiger partial charge < -0.3 is 9.67 Å². The first-order chi connectivity index (χ1) is 7.68. The first-order valence-electron chi connectivity index (χ1n) is 4.98. The van der Waals surface area contributed by atoms with Crippen LogP contribution in [0.2, 0.25) is 0 Å². The molecule has 1 heterocycles. The number of hydrogen-bond donors (Lipinski definition) is 1. The Kier molecular flexibility index (Phi) is 2.72. The van der Waals surface area contributed by atoms with Gasteiger partial charge >= 0.3 is 5.97 Å². The van der Waals surface area contributed by atoms with E-state index in [2.05, 4.69) is 4.98 Å². The summed E-state index contributed by atoms with van der Waals surface area (Å²) in [6.45, 7) is 2.11. The van der Waals surface area contributed by atoms with Gasteiger partial charge in [0.15, 0.2) is 0 Å². The molecule has 0 spiro atoms. The number of carboxylic acids is 1. The lowest BCUT2D eigenvalue weighted by atomic mass is 10.3. The third kappa shape index (κ3) is 1.95. The van der Waals surface area contributed by atoms with Crippen LogP contribution in [0, 0.1) is 0 Å².